The number of ether oxygens (including phenoxy) is 1. The number of amides is 1. The van der Waals surface area contributed by atoms with Gasteiger partial charge in [0, 0.05) is 0 Å². The maximum atomic E-state index is 12.0. The first-order chi connectivity index (χ1) is 8.81. The van der Waals surface area contributed by atoms with Gasteiger partial charge in [0.1, 0.15) is 5.75 Å². The minimum Gasteiger partial charge on any atom is -0.497 e. The highest BCUT2D eigenvalue weighted by atomic mass is 16.5. The number of benzene rings is 1. The third kappa shape index (κ3) is 3.45. The van der Waals surface area contributed by atoms with Gasteiger partial charge in [-0.05, 0) is 39.1 Å². The summed E-state index contributed by atoms with van der Waals surface area (Å²) in [4.78, 5) is 23.2. The summed E-state index contributed by atoms with van der Waals surface area (Å²) in [7, 11) is 3.11. The fourth-order valence-corrected chi connectivity index (χ4v) is 1.33. The fraction of sp³-hybridized carbons (Fsp3) is 0.385. The van der Waals surface area contributed by atoms with E-state index in [-0.39, 0.29) is 17.2 Å². The second kappa shape index (κ2) is 5.71. The number of carboxylic acids is 1. The molecule has 1 aromatic rings. The standard InChI is InChI=1S/C13H18N2O4/c1-13(2,14-3)12(18)15-10-6-5-8(19-4)7-9(10)11(16)17/h5-7,14H,1-4H3,(H,15,18)(H,16,17). The van der Waals surface area contributed by atoms with Gasteiger partial charge in [-0.3, -0.25) is 4.79 Å². The van der Waals surface area contributed by atoms with Crippen LogP contribution in [0.25, 0.3) is 0 Å². The highest BCUT2D eigenvalue weighted by Crippen LogP contribution is 2.23. The van der Waals surface area contributed by atoms with Crippen molar-refractivity contribution in [3.05, 3.63) is 23.8 Å². The van der Waals surface area contributed by atoms with Crippen LogP contribution in [-0.2, 0) is 4.79 Å². The Morgan fingerprint density at radius 3 is 2.42 bits per heavy atom. The summed E-state index contributed by atoms with van der Waals surface area (Å²) in [6.45, 7) is 3.40. The Kier molecular flexibility index (Phi) is 4.50. The molecule has 6 heteroatoms. The molecule has 6 nitrogen and oxygen atoms in total. The van der Waals surface area contributed by atoms with Gasteiger partial charge < -0.3 is 20.5 Å². The van der Waals surface area contributed by atoms with Crippen LogP contribution < -0.4 is 15.4 Å². The average molecular weight is 266 g/mol. The number of methoxy groups -OCH3 is 1. The number of nitrogens with one attached hydrogen (secondary N) is 2. The Morgan fingerprint density at radius 2 is 1.95 bits per heavy atom. The second-order valence-corrected chi connectivity index (χ2v) is 4.55. The summed E-state index contributed by atoms with van der Waals surface area (Å²) in [6, 6.07) is 4.46. The number of hydrogen-bond donors (Lipinski definition) is 3. The Morgan fingerprint density at radius 1 is 1.32 bits per heavy atom. The number of carboxylic acid groups (broad SMARTS) is 1. The number of likely N-dealkylation sites (N-methyl/N-ethyl adjacent to an activating group) is 1. The van der Waals surface area contributed by atoms with Gasteiger partial charge in [0.2, 0.25) is 5.91 Å². The summed E-state index contributed by atoms with van der Waals surface area (Å²) in [5, 5.41) is 14.6. The zero-order chi connectivity index (χ0) is 14.6. The van der Waals surface area contributed by atoms with E-state index in [0.29, 0.717) is 5.75 Å². The zero-order valence-electron chi connectivity index (χ0n) is 11.4. The molecule has 19 heavy (non-hydrogen) atoms. The van der Waals surface area contributed by atoms with Gasteiger partial charge in [0.05, 0.1) is 23.9 Å². The van der Waals surface area contributed by atoms with E-state index in [1.807, 2.05) is 0 Å². The van der Waals surface area contributed by atoms with E-state index >= 15 is 0 Å². The largest absolute Gasteiger partial charge is 0.497 e. The molecule has 1 aromatic carbocycles. The molecule has 0 saturated heterocycles. The van der Waals surface area contributed by atoms with Crippen molar-refractivity contribution in [2.75, 3.05) is 19.5 Å². The van der Waals surface area contributed by atoms with E-state index in [0.717, 1.165) is 0 Å². The van der Waals surface area contributed by atoms with Gasteiger partial charge in [-0.25, -0.2) is 4.79 Å². The number of rotatable bonds is 5. The van der Waals surface area contributed by atoms with Crippen LogP contribution >= 0.6 is 0 Å². The van der Waals surface area contributed by atoms with E-state index in [1.165, 1.54) is 19.2 Å². The number of anilines is 1. The second-order valence-electron chi connectivity index (χ2n) is 4.55. The predicted octanol–water partition coefficient (Wildman–Crippen LogP) is 1.33. The lowest BCUT2D eigenvalue weighted by molar-refractivity contribution is -0.121. The minimum atomic E-state index is -1.13. The molecular weight excluding hydrogens is 248 g/mol. The van der Waals surface area contributed by atoms with Crippen LogP contribution in [0.3, 0.4) is 0 Å². The van der Waals surface area contributed by atoms with Crippen molar-refractivity contribution < 1.29 is 19.4 Å². The van der Waals surface area contributed by atoms with E-state index in [1.54, 1.807) is 27.0 Å². The van der Waals surface area contributed by atoms with Gasteiger partial charge in [0.25, 0.3) is 0 Å². The first-order valence-corrected chi connectivity index (χ1v) is 5.73. The smallest absolute Gasteiger partial charge is 0.337 e. The molecule has 0 radical (unpaired) electrons. The molecule has 0 saturated carbocycles. The Bertz CT molecular complexity index is 497. The number of aromatic carboxylic acids is 1. The van der Waals surface area contributed by atoms with Crippen molar-refractivity contribution in [1.82, 2.24) is 5.32 Å². The van der Waals surface area contributed by atoms with Gasteiger partial charge in [-0.1, -0.05) is 0 Å². The highest BCUT2D eigenvalue weighted by molar-refractivity contribution is 6.03. The summed E-state index contributed by atoms with van der Waals surface area (Å²) in [6.07, 6.45) is 0. The summed E-state index contributed by atoms with van der Waals surface area (Å²) >= 11 is 0. The number of hydrogen-bond acceptors (Lipinski definition) is 4. The molecule has 0 bridgehead atoms. The maximum Gasteiger partial charge on any atom is 0.337 e. The molecule has 0 aliphatic heterocycles. The molecule has 3 N–H and O–H groups in total. The van der Waals surface area contributed by atoms with Crippen LogP contribution in [-0.4, -0.2) is 36.7 Å². The third-order valence-corrected chi connectivity index (χ3v) is 2.90. The predicted molar refractivity (Wildman–Crippen MR) is 71.7 cm³/mol. The van der Waals surface area contributed by atoms with Crippen molar-refractivity contribution in [3.63, 3.8) is 0 Å². The molecule has 0 unspecified atom stereocenters. The van der Waals surface area contributed by atoms with E-state index < -0.39 is 11.5 Å². The molecule has 1 rings (SSSR count). The molecule has 0 aliphatic rings. The van der Waals surface area contributed by atoms with Gasteiger partial charge in [-0.15, -0.1) is 0 Å². The van der Waals surface area contributed by atoms with Crippen molar-refractivity contribution in [2.45, 2.75) is 19.4 Å². The normalized spacial score (nSPS) is 10.9. The van der Waals surface area contributed by atoms with Crippen LogP contribution in [0.2, 0.25) is 0 Å². The van der Waals surface area contributed by atoms with Crippen molar-refractivity contribution >= 4 is 17.6 Å². The lowest BCUT2D eigenvalue weighted by atomic mass is 10.0. The van der Waals surface area contributed by atoms with Gasteiger partial charge >= 0.3 is 5.97 Å². The van der Waals surface area contributed by atoms with Gasteiger partial charge in [0.15, 0.2) is 0 Å². The molecule has 0 aromatic heterocycles. The SMILES string of the molecule is CNC(C)(C)C(=O)Nc1ccc(OC)cc1C(=O)O. The Labute approximate surface area is 111 Å². The van der Waals surface area contributed by atoms with Crippen LogP contribution in [0, 0.1) is 0 Å². The van der Waals surface area contributed by atoms with E-state index in [9.17, 15) is 9.59 Å². The lowest BCUT2D eigenvalue weighted by Crippen LogP contribution is -2.48. The Hall–Kier alpha value is -2.08. The molecule has 0 atom stereocenters. The monoisotopic (exact) mass is 266 g/mol. The first-order valence-electron chi connectivity index (χ1n) is 5.73. The molecular formula is C13H18N2O4. The summed E-state index contributed by atoms with van der Waals surface area (Å²) in [5.74, 6) is -1.03. The van der Waals surface area contributed by atoms with E-state index in [4.69, 9.17) is 9.84 Å². The quantitative estimate of drug-likeness (QED) is 0.748. The molecule has 0 heterocycles. The lowest BCUT2D eigenvalue weighted by Gasteiger charge is -2.23. The topological polar surface area (TPSA) is 87.7 Å². The molecule has 0 fully saturated rings. The fourth-order valence-electron chi connectivity index (χ4n) is 1.33. The van der Waals surface area contributed by atoms with Gasteiger partial charge in [-0.2, -0.15) is 0 Å². The third-order valence-electron chi connectivity index (χ3n) is 2.90. The molecule has 0 spiro atoms. The van der Waals surface area contributed by atoms with Crippen LogP contribution in [0.15, 0.2) is 18.2 Å². The van der Waals surface area contributed by atoms with Crippen LogP contribution in [0.1, 0.15) is 24.2 Å². The van der Waals surface area contributed by atoms with E-state index in [2.05, 4.69) is 10.6 Å². The summed E-state index contributed by atoms with van der Waals surface area (Å²) in [5.41, 5.74) is -0.573. The first kappa shape index (κ1) is 15.0. The summed E-state index contributed by atoms with van der Waals surface area (Å²) < 4.78 is 4.97. The highest BCUT2D eigenvalue weighted by Gasteiger charge is 2.26. The molecule has 1 amide bonds. The Balaban J connectivity index is 3.08. The van der Waals surface area contributed by atoms with Crippen LogP contribution in [0.5, 0.6) is 5.75 Å². The van der Waals surface area contributed by atoms with Crippen LogP contribution in [0.4, 0.5) is 5.69 Å². The number of carbonyl (C=O) groups excluding carboxylic acids is 1. The average Bonchev–Trinajstić information content (AvgIpc) is 2.38. The number of carbonyl (C=O) groups is 2. The van der Waals surface area contributed by atoms with Crippen molar-refractivity contribution in [3.8, 4) is 5.75 Å². The maximum absolute atomic E-state index is 12.0. The van der Waals surface area contributed by atoms with Crippen molar-refractivity contribution in [1.29, 1.82) is 0 Å². The molecule has 104 valence electrons. The van der Waals surface area contributed by atoms with Crippen molar-refractivity contribution in [2.24, 2.45) is 0 Å². The minimum absolute atomic E-state index is 0.0143. The molecule has 0 aliphatic carbocycles. The zero-order valence-corrected chi connectivity index (χ0v) is 11.4.